The number of aromatic nitrogens is 2. The van der Waals surface area contributed by atoms with E-state index in [4.69, 9.17) is 20.4 Å². The highest BCUT2D eigenvalue weighted by molar-refractivity contribution is 5.94. The van der Waals surface area contributed by atoms with Gasteiger partial charge in [-0.1, -0.05) is 12.1 Å². The number of piperazine rings is 1. The Balaban J connectivity index is 1.06. The minimum atomic E-state index is -0.368. The predicted molar refractivity (Wildman–Crippen MR) is 169 cm³/mol. The fourth-order valence-electron chi connectivity index (χ4n) is 6.36. The normalized spacial score (nSPS) is 25.8. The van der Waals surface area contributed by atoms with Gasteiger partial charge in [0.15, 0.2) is 5.82 Å². The van der Waals surface area contributed by atoms with Crippen molar-refractivity contribution in [2.45, 2.75) is 62.9 Å². The number of likely N-dealkylation sites (N-methyl/N-ethyl adjacent to an activating group) is 1. The van der Waals surface area contributed by atoms with Crippen molar-refractivity contribution < 1.29 is 9.53 Å². The van der Waals surface area contributed by atoms with E-state index in [9.17, 15) is 4.79 Å². The molecule has 4 N–H and O–H groups in total. The van der Waals surface area contributed by atoms with Crippen molar-refractivity contribution in [3.8, 4) is 0 Å². The number of piperidine rings is 1. The van der Waals surface area contributed by atoms with Crippen LogP contribution in [0.1, 0.15) is 66.2 Å². The Labute approximate surface area is 253 Å². The quantitative estimate of drug-likeness (QED) is 0.339. The van der Waals surface area contributed by atoms with E-state index in [2.05, 4.69) is 75.7 Å². The van der Waals surface area contributed by atoms with Gasteiger partial charge in [0.2, 0.25) is 0 Å². The first kappa shape index (κ1) is 28.1. The number of nitrogens with two attached hydrogens (primary N) is 1. The molecular weight excluding hydrogens is 540 g/mol. The van der Waals surface area contributed by atoms with Gasteiger partial charge in [-0.05, 0) is 87.5 Å². The number of hydrogen-bond donors (Lipinski definition) is 3. The van der Waals surface area contributed by atoms with E-state index < -0.39 is 0 Å². The van der Waals surface area contributed by atoms with Crippen LogP contribution in [-0.2, 0) is 4.74 Å². The van der Waals surface area contributed by atoms with Gasteiger partial charge in [0.1, 0.15) is 23.8 Å². The third-order valence-corrected chi connectivity index (χ3v) is 9.40. The van der Waals surface area contributed by atoms with Crippen LogP contribution in [0.25, 0.3) is 0 Å². The van der Waals surface area contributed by atoms with Crippen molar-refractivity contribution >= 4 is 28.9 Å². The molecule has 2 aromatic carbocycles. The molecule has 3 aliphatic heterocycles. The average molecular weight is 583 g/mol. The maximum Gasteiger partial charge on any atom is 0.251 e. The monoisotopic (exact) mass is 582 g/mol. The summed E-state index contributed by atoms with van der Waals surface area (Å²) >= 11 is 0. The molecule has 1 aliphatic carbocycles. The van der Waals surface area contributed by atoms with Crippen LogP contribution in [0, 0.1) is 0 Å². The summed E-state index contributed by atoms with van der Waals surface area (Å²) in [7, 11) is 2.17. The lowest BCUT2D eigenvalue weighted by molar-refractivity contribution is 0.0924. The number of nitrogens with zero attached hydrogens (tertiary/aromatic N) is 5. The molecule has 1 amide bonds. The number of amides is 1. The van der Waals surface area contributed by atoms with Crippen LogP contribution in [-0.4, -0.2) is 78.9 Å². The van der Waals surface area contributed by atoms with Crippen LogP contribution in [0.15, 0.2) is 54.7 Å². The van der Waals surface area contributed by atoms with E-state index >= 15 is 0 Å². The lowest BCUT2D eigenvalue weighted by Gasteiger charge is -2.40. The fraction of sp³-hybridized carbons (Fsp3) is 0.485. The zero-order chi connectivity index (χ0) is 29.5. The number of carbonyl (C=O) groups is 1. The van der Waals surface area contributed by atoms with Gasteiger partial charge in [0.05, 0.1) is 6.20 Å². The first-order valence-electron chi connectivity index (χ1n) is 15.7. The maximum atomic E-state index is 13.2. The Morgan fingerprint density at radius 1 is 0.977 bits per heavy atom. The number of ether oxygens (including phenoxy) is 1. The lowest BCUT2D eigenvalue weighted by atomic mass is 9.97. The molecule has 3 aromatic rings. The summed E-state index contributed by atoms with van der Waals surface area (Å²) < 4.78 is 5.59. The van der Waals surface area contributed by atoms with Gasteiger partial charge in [-0.15, -0.1) is 0 Å². The molecule has 4 fully saturated rings. The Morgan fingerprint density at radius 3 is 2.37 bits per heavy atom. The zero-order valence-corrected chi connectivity index (χ0v) is 25.1. The van der Waals surface area contributed by atoms with Crippen molar-refractivity contribution in [3.05, 3.63) is 71.5 Å². The number of epoxide rings is 1. The third kappa shape index (κ3) is 6.18. The van der Waals surface area contributed by atoms with Crippen LogP contribution >= 0.6 is 0 Å². The molecule has 4 aliphatic rings. The molecule has 10 nitrogen and oxygen atoms in total. The zero-order valence-electron chi connectivity index (χ0n) is 25.1. The Morgan fingerprint density at radius 2 is 1.70 bits per heavy atom. The van der Waals surface area contributed by atoms with Crippen molar-refractivity contribution in [3.63, 3.8) is 0 Å². The summed E-state index contributed by atoms with van der Waals surface area (Å²) in [4.78, 5) is 30.0. The largest absolute Gasteiger partial charge is 0.369 e. The summed E-state index contributed by atoms with van der Waals surface area (Å²) in [6.07, 6.45) is 5.55. The lowest BCUT2D eigenvalue weighted by Crippen LogP contribution is -2.54. The number of benzene rings is 2. The van der Waals surface area contributed by atoms with E-state index in [1.165, 1.54) is 24.1 Å². The number of nitrogens with one attached hydrogen (secondary N) is 2. The van der Waals surface area contributed by atoms with Crippen LogP contribution < -0.4 is 26.2 Å². The van der Waals surface area contributed by atoms with Crippen LogP contribution in [0.3, 0.4) is 0 Å². The van der Waals surface area contributed by atoms with Crippen molar-refractivity contribution in [1.82, 2.24) is 20.2 Å². The van der Waals surface area contributed by atoms with Gasteiger partial charge >= 0.3 is 0 Å². The van der Waals surface area contributed by atoms with E-state index in [0.717, 1.165) is 57.1 Å². The number of anilines is 4. The minimum Gasteiger partial charge on any atom is -0.369 e. The molecule has 7 rings (SSSR count). The summed E-state index contributed by atoms with van der Waals surface area (Å²) in [6.45, 7) is 7.19. The number of carbonyl (C=O) groups excluding carboxylic acids is 1. The number of rotatable bonds is 8. The van der Waals surface area contributed by atoms with Gasteiger partial charge in [0, 0.05) is 61.7 Å². The molecule has 0 radical (unpaired) electrons. The second kappa shape index (κ2) is 11.7. The maximum absolute atomic E-state index is 13.2. The fourth-order valence-corrected chi connectivity index (χ4v) is 6.36. The van der Waals surface area contributed by atoms with Crippen LogP contribution in [0.4, 0.5) is 23.0 Å². The molecule has 0 spiro atoms. The summed E-state index contributed by atoms with van der Waals surface area (Å²) in [5, 5.41) is 6.79. The smallest absolute Gasteiger partial charge is 0.251 e. The standard InChI is InChI=1S/C33H42N8O2/c1-21-27(37-33(42)24-9-7-23(8-10-24)22-5-6-22)4-3-15-41(21)28-20-35-29(30-31(34)43-30)32(38-28)36-25-11-13-26(14-12-25)40-18-16-39(2)17-19-40/h7-14,20-22,27,30-31H,3-6,15-19,34H2,1-2H3,(H,36,38)(H,37,42)/t21-,27-,30?,31?/m1/s1. The topological polar surface area (TPSA) is 115 Å². The van der Waals surface area contributed by atoms with Crippen LogP contribution in [0.2, 0.25) is 0 Å². The average Bonchev–Trinajstić information content (AvgIpc) is 3.97. The van der Waals surface area contributed by atoms with Gasteiger partial charge in [-0.25, -0.2) is 4.98 Å². The highest BCUT2D eigenvalue weighted by atomic mass is 16.6. The van der Waals surface area contributed by atoms with E-state index in [-0.39, 0.29) is 30.3 Å². The van der Waals surface area contributed by atoms with Crippen molar-refractivity contribution in [2.75, 3.05) is 54.9 Å². The number of hydrogen-bond acceptors (Lipinski definition) is 9. The predicted octanol–water partition coefficient (Wildman–Crippen LogP) is 3.99. The Hall–Kier alpha value is -3.73. The molecule has 3 saturated heterocycles. The second-order valence-corrected chi connectivity index (χ2v) is 12.5. The van der Waals surface area contributed by atoms with Gasteiger partial charge in [-0.3, -0.25) is 9.78 Å². The van der Waals surface area contributed by atoms with Gasteiger partial charge in [0.25, 0.3) is 5.91 Å². The summed E-state index contributed by atoms with van der Waals surface area (Å²) in [5.41, 5.74) is 11.0. The Bertz CT molecular complexity index is 1440. The highest BCUT2D eigenvalue weighted by Gasteiger charge is 2.41. The summed E-state index contributed by atoms with van der Waals surface area (Å²) in [6, 6.07) is 16.7. The van der Waals surface area contributed by atoms with Gasteiger partial charge in [-0.2, -0.15) is 0 Å². The van der Waals surface area contributed by atoms with E-state index in [1.807, 2.05) is 18.3 Å². The molecule has 4 heterocycles. The highest BCUT2D eigenvalue weighted by Crippen LogP contribution is 2.40. The van der Waals surface area contributed by atoms with Crippen LogP contribution in [0.5, 0.6) is 0 Å². The first-order valence-corrected chi connectivity index (χ1v) is 15.7. The molecule has 4 atom stereocenters. The molecule has 2 unspecified atom stereocenters. The molecule has 1 aromatic heterocycles. The second-order valence-electron chi connectivity index (χ2n) is 12.5. The summed E-state index contributed by atoms with van der Waals surface area (Å²) in [5.74, 6) is 2.08. The van der Waals surface area contributed by atoms with Gasteiger partial charge < -0.3 is 35.8 Å². The molecule has 43 heavy (non-hydrogen) atoms. The molecule has 226 valence electrons. The first-order chi connectivity index (χ1) is 20.9. The molecule has 10 heteroatoms. The third-order valence-electron chi connectivity index (χ3n) is 9.40. The van der Waals surface area contributed by atoms with E-state index in [0.29, 0.717) is 23.0 Å². The minimum absolute atomic E-state index is 0.00421. The molecule has 0 bridgehead atoms. The van der Waals surface area contributed by atoms with Crippen molar-refractivity contribution in [1.29, 1.82) is 0 Å². The van der Waals surface area contributed by atoms with Crippen molar-refractivity contribution in [2.24, 2.45) is 5.73 Å². The van der Waals surface area contributed by atoms with E-state index in [1.54, 1.807) is 0 Å². The molecular formula is C33H42N8O2. The Kier molecular flexibility index (Phi) is 7.67. The molecule has 1 saturated carbocycles. The SMILES string of the molecule is C[C@@H]1[C@H](NC(=O)c2ccc(C3CC3)cc2)CCCN1c1cnc(C2OC2N)c(Nc2ccc(N3CCN(C)CC3)cc2)n1.